The molecule has 0 aliphatic rings. The number of hydrogen-bond acceptors (Lipinski definition) is 3. The summed E-state index contributed by atoms with van der Waals surface area (Å²) < 4.78 is 40.0. The Kier molecular flexibility index (Phi) is 5.39. The van der Waals surface area contributed by atoms with Crippen molar-refractivity contribution in [1.29, 1.82) is 0 Å². The Morgan fingerprint density at radius 3 is 2.32 bits per heavy atom. The molecular weight excluding hydrogens is 371 g/mol. The second-order valence-corrected chi connectivity index (χ2v) is 5.84. The van der Waals surface area contributed by atoms with Crippen molar-refractivity contribution in [2.24, 2.45) is 0 Å². The zero-order valence-corrected chi connectivity index (χ0v) is 14.6. The van der Waals surface area contributed by atoms with E-state index in [2.05, 4.69) is 10.3 Å². The number of benzene rings is 2. The summed E-state index contributed by atoms with van der Waals surface area (Å²) in [5.41, 5.74) is 0.203. The number of carbonyl (C=O) groups excluding carboxylic acids is 2. The number of amides is 2. The van der Waals surface area contributed by atoms with Gasteiger partial charge in [-0.2, -0.15) is 0 Å². The molecule has 2 aromatic carbocycles. The maximum Gasteiger partial charge on any atom is 0.259 e. The highest BCUT2D eigenvalue weighted by molar-refractivity contribution is 6.09. The number of aromatic nitrogens is 1. The number of anilines is 2. The average Bonchev–Trinajstić information content (AvgIpc) is 2.73. The third kappa shape index (κ3) is 3.85. The smallest absolute Gasteiger partial charge is 0.259 e. The fourth-order valence-corrected chi connectivity index (χ4v) is 2.46. The molecule has 0 spiro atoms. The number of nitrogens with one attached hydrogen (secondary N) is 1. The van der Waals surface area contributed by atoms with Gasteiger partial charge in [-0.1, -0.05) is 18.2 Å². The van der Waals surface area contributed by atoms with Crippen LogP contribution in [0.5, 0.6) is 0 Å². The van der Waals surface area contributed by atoms with Crippen LogP contribution in [0.3, 0.4) is 0 Å². The zero-order chi connectivity index (χ0) is 20.3. The fraction of sp³-hybridized carbons (Fsp3) is 0.0500. The minimum absolute atomic E-state index is 0.0450. The fourth-order valence-electron chi connectivity index (χ4n) is 2.46. The minimum atomic E-state index is -1.69. The lowest BCUT2D eigenvalue weighted by atomic mass is 10.1. The normalized spacial score (nSPS) is 10.4. The molecule has 3 aromatic rings. The topological polar surface area (TPSA) is 62.3 Å². The van der Waals surface area contributed by atoms with Gasteiger partial charge >= 0.3 is 0 Å². The van der Waals surface area contributed by atoms with E-state index in [1.807, 2.05) is 6.07 Å². The van der Waals surface area contributed by atoms with Crippen molar-refractivity contribution in [3.63, 3.8) is 0 Å². The number of pyridine rings is 1. The van der Waals surface area contributed by atoms with E-state index in [-0.39, 0.29) is 11.1 Å². The lowest BCUT2D eigenvalue weighted by molar-refractivity contribution is 0.0992. The summed E-state index contributed by atoms with van der Waals surface area (Å²) >= 11 is 0. The van der Waals surface area contributed by atoms with Gasteiger partial charge < -0.3 is 10.2 Å². The van der Waals surface area contributed by atoms with E-state index in [1.54, 1.807) is 31.3 Å². The highest BCUT2D eigenvalue weighted by Gasteiger charge is 2.19. The van der Waals surface area contributed by atoms with Gasteiger partial charge in [0.2, 0.25) is 0 Å². The molecule has 142 valence electrons. The highest BCUT2D eigenvalue weighted by Crippen LogP contribution is 2.21. The summed E-state index contributed by atoms with van der Waals surface area (Å²) in [5.74, 6) is -5.81. The van der Waals surface area contributed by atoms with E-state index in [9.17, 15) is 22.8 Å². The van der Waals surface area contributed by atoms with Crippen molar-refractivity contribution in [3.05, 3.63) is 89.5 Å². The Morgan fingerprint density at radius 1 is 0.929 bits per heavy atom. The van der Waals surface area contributed by atoms with E-state index in [1.165, 1.54) is 23.4 Å². The van der Waals surface area contributed by atoms with Crippen molar-refractivity contribution in [2.75, 3.05) is 17.3 Å². The third-order valence-corrected chi connectivity index (χ3v) is 3.98. The first-order chi connectivity index (χ1) is 13.4. The van der Waals surface area contributed by atoms with Gasteiger partial charge in [0, 0.05) is 25.1 Å². The van der Waals surface area contributed by atoms with Gasteiger partial charge in [-0.25, -0.2) is 13.2 Å². The summed E-state index contributed by atoms with van der Waals surface area (Å²) in [4.78, 5) is 30.2. The van der Waals surface area contributed by atoms with E-state index >= 15 is 0 Å². The van der Waals surface area contributed by atoms with Crippen LogP contribution in [0.4, 0.5) is 24.5 Å². The molecule has 1 aromatic heterocycles. The van der Waals surface area contributed by atoms with Crippen LogP contribution in [0.15, 0.2) is 60.9 Å². The maximum atomic E-state index is 13.7. The lowest BCUT2D eigenvalue weighted by Crippen LogP contribution is -2.26. The molecule has 0 saturated carbocycles. The molecule has 28 heavy (non-hydrogen) atoms. The van der Waals surface area contributed by atoms with Gasteiger partial charge in [-0.3, -0.25) is 14.6 Å². The van der Waals surface area contributed by atoms with Crippen molar-refractivity contribution in [2.45, 2.75) is 0 Å². The average molecular weight is 385 g/mol. The molecule has 0 aliphatic heterocycles. The van der Waals surface area contributed by atoms with Gasteiger partial charge in [0.15, 0.2) is 17.5 Å². The number of para-hydroxylation sites is 1. The SMILES string of the molecule is CN(C(=O)c1cncc(C(=O)Nc2ccc(F)c(F)c2F)c1)c1ccccc1. The molecule has 8 heteroatoms. The molecule has 0 saturated heterocycles. The van der Waals surface area contributed by atoms with Crippen LogP contribution < -0.4 is 10.2 Å². The lowest BCUT2D eigenvalue weighted by Gasteiger charge is -2.17. The Labute approximate surface area is 158 Å². The zero-order valence-electron chi connectivity index (χ0n) is 14.6. The van der Waals surface area contributed by atoms with Gasteiger partial charge in [-0.15, -0.1) is 0 Å². The first kappa shape index (κ1) is 19.1. The summed E-state index contributed by atoms with van der Waals surface area (Å²) in [6.07, 6.45) is 2.46. The number of hydrogen-bond donors (Lipinski definition) is 1. The first-order valence-corrected chi connectivity index (χ1v) is 8.11. The summed E-state index contributed by atoms with van der Waals surface area (Å²) in [6, 6.07) is 11.7. The van der Waals surface area contributed by atoms with E-state index in [0.717, 1.165) is 6.07 Å². The minimum Gasteiger partial charge on any atom is -0.319 e. The molecule has 0 unspecified atom stereocenters. The molecule has 0 radical (unpaired) electrons. The molecule has 2 amide bonds. The molecule has 1 heterocycles. The van der Waals surface area contributed by atoms with Gasteiger partial charge in [0.1, 0.15) is 0 Å². The predicted octanol–water partition coefficient (Wildman–Crippen LogP) is 4.03. The largest absolute Gasteiger partial charge is 0.319 e. The molecule has 0 fully saturated rings. The Morgan fingerprint density at radius 2 is 1.61 bits per heavy atom. The van der Waals surface area contributed by atoms with E-state index in [0.29, 0.717) is 11.8 Å². The highest BCUT2D eigenvalue weighted by atomic mass is 19.2. The monoisotopic (exact) mass is 385 g/mol. The Bertz CT molecular complexity index is 1040. The molecule has 0 aliphatic carbocycles. The second-order valence-electron chi connectivity index (χ2n) is 5.84. The maximum absolute atomic E-state index is 13.7. The van der Waals surface area contributed by atoms with Crippen LogP contribution in [0, 0.1) is 17.5 Å². The van der Waals surface area contributed by atoms with Gasteiger partial charge in [-0.05, 0) is 30.3 Å². The van der Waals surface area contributed by atoms with Gasteiger partial charge in [0.05, 0.1) is 16.8 Å². The predicted molar refractivity (Wildman–Crippen MR) is 97.7 cm³/mol. The Hall–Kier alpha value is -3.68. The Balaban J connectivity index is 1.82. The van der Waals surface area contributed by atoms with Crippen LogP contribution in [0.1, 0.15) is 20.7 Å². The number of nitrogens with zero attached hydrogens (tertiary/aromatic N) is 2. The van der Waals surface area contributed by atoms with Crippen molar-refractivity contribution in [1.82, 2.24) is 4.98 Å². The molecule has 0 atom stereocenters. The van der Waals surface area contributed by atoms with Crippen LogP contribution >= 0.6 is 0 Å². The van der Waals surface area contributed by atoms with Crippen molar-refractivity contribution >= 4 is 23.2 Å². The van der Waals surface area contributed by atoms with E-state index in [4.69, 9.17) is 0 Å². The van der Waals surface area contributed by atoms with Crippen LogP contribution in [-0.2, 0) is 0 Å². The third-order valence-electron chi connectivity index (χ3n) is 3.98. The molecule has 3 rings (SSSR count). The quantitative estimate of drug-likeness (QED) is 0.690. The number of carbonyl (C=O) groups is 2. The standard InChI is InChI=1S/C20H14F3N3O2/c1-26(14-5-3-2-4-6-14)20(28)13-9-12(10-24-11-13)19(27)25-16-8-7-15(21)17(22)18(16)23/h2-11H,1H3,(H,25,27). The van der Waals surface area contributed by atoms with Gasteiger partial charge in [0.25, 0.3) is 11.8 Å². The van der Waals surface area contributed by atoms with Crippen LogP contribution in [-0.4, -0.2) is 23.8 Å². The van der Waals surface area contributed by atoms with Crippen molar-refractivity contribution < 1.29 is 22.8 Å². The number of rotatable bonds is 4. The molecular formula is C20H14F3N3O2. The molecule has 1 N–H and O–H groups in total. The molecule has 0 bridgehead atoms. The van der Waals surface area contributed by atoms with Crippen LogP contribution in [0.2, 0.25) is 0 Å². The summed E-state index contributed by atoms with van der Waals surface area (Å²) in [7, 11) is 1.57. The molecule has 5 nitrogen and oxygen atoms in total. The number of halogens is 3. The second kappa shape index (κ2) is 7.91. The first-order valence-electron chi connectivity index (χ1n) is 8.11. The van der Waals surface area contributed by atoms with E-state index < -0.39 is 35.0 Å². The van der Waals surface area contributed by atoms with Crippen molar-refractivity contribution in [3.8, 4) is 0 Å². The summed E-state index contributed by atoms with van der Waals surface area (Å²) in [5, 5.41) is 2.14. The van der Waals surface area contributed by atoms with Crippen LogP contribution in [0.25, 0.3) is 0 Å². The summed E-state index contributed by atoms with van der Waals surface area (Å²) in [6.45, 7) is 0.